The maximum absolute atomic E-state index is 13.7. The second-order valence-corrected chi connectivity index (χ2v) is 9.08. The minimum atomic E-state index is -3.26. The van der Waals surface area contributed by atoms with Crippen molar-refractivity contribution in [1.82, 2.24) is 10.6 Å². The van der Waals surface area contributed by atoms with Crippen molar-refractivity contribution in [3.63, 3.8) is 0 Å². The lowest BCUT2D eigenvalue weighted by Crippen LogP contribution is -2.41. The highest BCUT2D eigenvalue weighted by Gasteiger charge is 2.11. The Kier molecular flexibility index (Phi) is 11.2. The third-order valence-electron chi connectivity index (χ3n) is 4.05. The zero-order valence-electron chi connectivity index (χ0n) is 17.7. The van der Waals surface area contributed by atoms with Gasteiger partial charge >= 0.3 is 0 Å². The molecule has 2 aromatic rings. The minimum Gasteiger partial charge on any atom is -0.489 e. The number of rotatable bonds is 9. The summed E-state index contributed by atoms with van der Waals surface area (Å²) < 4.78 is 55.6. The highest BCUT2D eigenvalue weighted by molar-refractivity contribution is 14.0. The Morgan fingerprint density at radius 1 is 1.06 bits per heavy atom. The lowest BCUT2D eigenvalue weighted by molar-refractivity contribution is 0.223. The molecule has 1 unspecified atom stereocenters. The first kappa shape index (κ1) is 27.1. The van der Waals surface area contributed by atoms with Crippen LogP contribution in [0.3, 0.4) is 0 Å². The first-order valence-electron chi connectivity index (χ1n) is 9.55. The quantitative estimate of drug-likeness (QED) is 0.275. The van der Waals surface area contributed by atoms with E-state index >= 15 is 0 Å². The highest BCUT2D eigenvalue weighted by Crippen LogP contribution is 2.16. The fourth-order valence-electron chi connectivity index (χ4n) is 2.70. The van der Waals surface area contributed by atoms with Crippen LogP contribution in [0.25, 0.3) is 0 Å². The predicted molar refractivity (Wildman–Crippen MR) is 130 cm³/mol. The SMILES string of the molecule is CCNC(=NCc1cc(F)ccc1CS(C)(=O)=O)NCC(C)Oc1ccc(F)cc1.I. The summed E-state index contributed by atoms with van der Waals surface area (Å²) in [6.07, 6.45) is 0.909. The summed E-state index contributed by atoms with van der Waals surface area (Å²) >= 11 is 0. The summed E-state index contributed by atoms with van der Waals surface area (Å²) in [6.45, 7) is 4.91. The van der Waals surface area contributed by atoms with E-state index in [9.17, 15) is 17.2 Å². The topological polar surface area (TPSA) is 79.8 Å². The number of nitrogens with one attached hydrogen (secondary N) is 2. The average molecular weight is 567 g/mol. The van der Waals surface area contributed by atoms with Crippen LogP contribution >= 0.6 is 24.0 Å². The van der Waals surface area contributed by atoms with Gasteiger partial charge in [0.25, 0.3) is 0 Å². The van der Waals surface area contributed by atoms with Crippen LogP contribution in [0.5, 0.6) is 5.75 Å². The van der Waals surface area contributed by atoms with Gasteiger partial charge in [0.1, 0.15) is 23.5 Å². The molecule has 0 radical (unpaired) electrons. The average Bonchev–Trinajstić information content (AvgIpc) is 2.66. The van der Waals surface area contributed by atoms with Gasteiger partial charge in [-0.05, 0) is 61.4 Å². The molecule has 0 saturated heterocycles. The molecule has 2 rings (SSSR count). The largest absolute Gasteiger partial charge is 0.489 e. The number of sulfone groups is 1. The van der Waals surface area contributed by atoms with E-state index in [2.05, 4.69) is 15.6 Å². The van der Waals surface area contributed by atoms with Crippen molar-refractivity contribution in [2.75, 3.05) is 19.3 Å². The van der Waals surface area contributed by atoms with Crippen LogP contribution in [-0.4, -0.2) is 39.8 Å². The molecular formula is C21H28F2IN3O3S. The molecule has 0 aliphatic rings. The van der Waals surface area contributed by atoms with Crippen LogP contribution < -0.4 is 15.4 Å². The number of nitrogens with zero attached hydrogens (tertiary/aromatic N) is 1. The number of halogens is 3. The second kappa shape index (κ2) is 12.8. The number of hydrogen-bond donors (Lipinski definition) is 2. The first-order valence-corrected chi connectivity index (χ1v) is 11.6. The summed E-state index contributed by atoms with van der Waals surface area (Å²) in [4.78, 5) is 4.43. The van der Waals surface area contributed by atoms with Gasteiger partial charge in [0.05, 0.1) is 18.8 Å². The molecular weight excluding hydrogens is 539 g/mol. The van der Waals surface area contributed by atoms with Crippen LogP contribution in [0.1, 0.15) is 25.0 Å². The lowest BCUT2D eigenvalue weighted by atomic mass is 10.1. The molecule has 10 heteroatoms. The molecule has 0 aliphatic carbocycles. The van der Waals surface area contributed by atoms with Gasteiger partial charge in [0.2, 0.25) is 0 Å². The smallest absolute Gasteiger partial charge is 0.191 e. The number of guanidine groups is 1. The number of benzene rings is 2. The van der Waals surface area contributed by atoms with Gasteiger partial charge in [-0.15, -0.1) is 24.0 Å². The molecule has 6 nitrogen and oxygen atoms in total. The third-order valence-corrected chi connectivity index (χ3v) is 4.88. The van der Waals surface area contributed by atoms with E-state index in [4.69, 9.17) is 4.74 Å². The minimum absolute atomic E-state index is 0. The van der Waals surface area contributed by atoms with E-state index in [-0.39, 0.29) is 48.2 Å². The van der Waals surface area contributed by atoms with Crippen LogP contribution in [0.2, 0.25) is 0 Å². The molecule has 172 valence electrons. The summed E-state index contributed by atoms with van der Waals surface area (Å²) in [5.74, 6) is 0.0865. The monoisotopic (exact) mass is 567 g/mol. The maximum atomic E-state index is 13.7. The maximum Gasteiger partial charge on any atom is 0.191 e. The van der Waals surface area contributed by atoms with Crippen molar-refractivity contribution in [3.8, 4) is 5.75 Å². The fraction of sp³-hybridized carbons (Fsp3) is 0.381. The van der Waals surface area contributed by atoms with Crippen LogP contribution in [-0.2, 0) is 22.1 Å². The highest BCUT2D eigenvalue weighted by atomic mass is 127. The third kappa shape index (κ3) is 10.3. The lowest BCUT2D eigenvalue weighted by Gasteiger charge is -2.18. The molecule has 31 heavy (non-hydrogen) atoms. The fourth-order valence-corrected chi connectivity index (χ4v) is 3.55. The van der Waals surface area contributed by atoms with E-state index in [1.807, 2.05) is 13.8 Å². The van der Waals surface area contributed by atoms with Gasteiger partial charge < -0.3 is 15.4 Å². The predicted octanol–water partition coefficient (Wildman–Crippen LogP) is 3.65. The normalized spacial score (nSPS) is 12.6. The number of ether oxygens (including phenoxy) is 1. The zero-order chi connectivity index (χ0) is 22.1. The van der Waals surface area contributed by atoms with Crippen molar-refractivity contribution >= 4 is 39.8 Å². The van der Waals surface area contributed by atoms with E-state index in [1.165, 1.54) is 30.3 Å². The van der Waals surface area contributed by atoms with E-state index in [0.717, 1.165) is 6.26 Å². The van der Waals surface area contributed by atoms with Gasteiger partial charge in [-0.3, -0.25) is 0 Å². The second-order valence-electron chi connectivity index (χ2n) is 6.94. The molecule has 0 heterocycles. The summed E-state index contributed by atoms with van der Waals surface area (Å²) in [5, 5.41) is 6.22. The van der Waals surface area contributed by atoms with Crippen molar-refractivity contribution in [1.29, 1.82) is 0 Å². The van der Waals surface area contributed by atoms with Crippen molar-refractivity contribution in [2.45, 2.75) is 32.2 Å². The number of aliphatic imine (C=N–C) groups is 1. The Labute approximate surface area is 199 Å². The van der Waals surface area contributed by atoms with Gasteiger partial charge in [-0.1, -0.05) is 6.07 Å². The molecule has 0 aromatic heterocycles. The molecule has 2 aromatic carbocycles. The Morgan fingerprint density at radius 3 is 2.32 bits per heavy atom. The van der Waals surface area contributed by atoms with Crippen LogP contribution in [0.4, 0.5) is 8.78 Å². The zero-order valence-corrected chi connectivity index (χ0v) is 20.8. The standard InChI is InChI=1S/C21H27F2N3O3S.HI/c1-4-24-21(25-12-15(2)29-20-9-7-18(22)8-10-20)26-13-17-11-19(23)6-5-16(17)14-30(3,27)28;/h5-11,15H,4,12-14H2,1-3H3,(H2,24,25,26);1H. The molecule has 0 fully saturated rings. The molecule has 0 saturated carbocycles. The summed E-state index contributed by atoms with van der Waals surface area (Å²) in [7, 11) is -3.26. The van der Waals surface area contributed by atoms with Gasteiger partial charge in [-0.25, -0.2) is 22.2 Å². The summed E-state index contributed by atoms with van der Waals surface area (Å²) in [5.41, 5.74) is 1.03. The van der Waals surface area contributed by atoms with Crippen molar-refractivity contribution in [2.24, 2.45) is 4.99 Å². The molecule has 0 bridgehead atoms. The Hall–Kier alpha value is -1.95. The van der Waals surface area contributed by atoms with Crippen molar-refractivity contribution in [3.05, 3.63) is 65.2 Å². The molecule has 0 spiro atoms. The Morgan fingerprint density at radius 2 is 1.71 bits per heavy atom. The molecule has 2 N–H and O–H groups in total. The van der Waals surface area contributed by atoms with Crippen LogP contribution in [0, 0.1) is 11.6 Å². The summed E-state index contributed by atoms with van der Waals surface area (Å²) in [6, 6.07) is 9.78. The Balaban J connectivity index is 0.00000480. The van der Waals surface area contributed by atoms with Crippen LogP contribution in [0.15, 0.2) is 47.5 Å². The molecule has 0 amide bonds. The number of hydrogen-bond acceptors (Lipinski definition) is 4. The van der Waals surface area contributed by atoms with E-state index < -0.39 is 15.7 Å². The first-order chi connectivity index (χ1) is 14.2. The van der Waals surface area contributed by atoms with E-state index in [1.54, 1.807) is 12.1 Å². The Bertz CT molecular complexity index is 970. The van der Waals surface area contributed by atoms with Crippen molar-refractivity contribution < 1.29 is 21.9 Å². The molecule has 0 aliphatic heterocycles. The van der Waals surface area contributed by atoms with Gasteiger partial charge in [-0.2, -0.15) is 0 Å². The van der Waals surface area contributed by atoms with Gasteiger partial charge in [0, 0.05) is 12.8 Å². The van der Waals surface area contributed by atoms with Gasteiger partial charge in [0.15, 0.2) is 15.8 Å². The molecule has 1 atom stereocenters. The van der Waals surface area contributed by atoms with E-state index in [0.29, 0.717) is 35.9 Å².